The molecule has 0 aliphatic heterocycles. The molecule has 192 valence electrons. The molecule has 0 radical (unpaired) electrons. The van der Waals surface area contributed by atoms with Gasteiger partial charge < -0.3 is 9.63 Å². The number of benzene rings is 3. The molecule has 4 rings (SSSR count). The first-order chi connectivity index (χ1) is 17.6. The summed E-state index contributed by atoms with van der Waals surface area (Å²) >= 11 is 0. The van der Waals surface area contributed by atoms with E-state index in [0.717, 1.165) is 22.8 Å². The summed E-state index contributed by atoms with van der Waals surface area (Å²) in [5.41, 5.74) is 3.35. The van der Waals surface area contributed by atoms with E-state index >= 15 is 0 Å². The van der Waals surface area contributed by atoms with Crippen LogP contribution in [0.5, 0.6) is 0 Å². The minimum atomic E-state index is -4.57. The molecule has 0 aliphatic rings. The van der Waals surface area contributed by atoms with Gasteiger partial charge in [-0.2, -0.15) is 18.2 Å². The van der Waals surface area contributed by atoms with Crippen LogP contribution in [0.25, 0.3) is 34.0 Å². The predicted molar refractivity (Wildman–Crippen MR) is 134 cm³/mol. The Bertz CT molecular complexity index is 1430. The highest BCUT2D eigenvalue weighted by Gasteiger charge is 2.34. The van der Waals surface area contributed by atoms with Crippen LogP contribution in [0.4, 0.5) is 13.2 Å². The van der Waals surface area contributed by atoms with Crippen LogP contribution in [0, 0.1) is 6.92 Å². The summed E-state index contributed by atoms with van der Waals surface area (Å²) in [6.07, 6.45) is -3.87. The van der Waals surface area contributed by atoms with Crippen molar-refractivity contribution in [2.45, 2.75) is 33.0 Å². The van der Waals surface area contributed by atoms with Crippen LogP contribution in [0.1, 0.15) is 29.2 Å². The number of alkyl halides is 3. The predicted octanol–water partition coefficient (Wildman–Crippen LogP) is 6.48. The zero-order valence-corrected chi connectivity index (χ0v) is 20.6. The Kier molecular flexibility index (Phi) is 7.45. The van der Waals surface area contributed by atoms with Crippen LogP contribution in [0.2, 0.25) is 0 Å². The van der Waals surface area contributed by atoms with Crippen molar-refractivity contribution in [3.05, 3.63) is 82.9 Å². The van der Waals surface area contributed by atoms with Gasteiger partial charge in [-0.05, 0) is 66.4 Å². The quantitative estimate of drug-likeness (QED) is 0.293. The molecule has 37 heavy (non-hydrogen) atoms. The third kappa shape index (κ3) is 5.89. The Morgan fingerprint density at radius 1 is 1.00 bits per heavy atom. The van der Waals surface area contributed by atoms with E-state index in [4.69, 9.17) is 9.63 Å². The number of nitrogens with zero attached hydrogens (tertiary/aromatic N) is 3. The first-order valence-electron chi connectivity index (χ1n) is 11.7. The van der Waals surface area contributed by atoms with E-state index in [1.54, 1.807) is 55.3 Å². The normalized spacial score (nSPS) is 11.8. The second kappa shape index (κ2) is 10.6. The average molecular weight is 510 g/mol. The van der Waals surface area contributed by atoms with Crippen molar-refractivity contribution in [3.63, 3.8) is 0 Å². The lowest BCUT2D eigenvalue weighted by atomic mass is 9.94. The zero-order valence-electron chi connectivity index (χ0n) is 20.6. The molecule has 1 aromatic heterocycles. The molecule has 0 atom stereocenters. The fourth-order valence-electron chi connectivity index (χ4n) is 4.31. The summed E-state index contributed by atoms with van der Waals surface area (Å²) < 4.78 is 47.4. The average Bonchev–Trinajstić information content (AvgIpc) is 3.33. The number of carboxylic acids is 1. The Hall–Kier alpha value is -3.98. The van der Waals surface area contributed by atoms with Crippen molar-refractivity contribution in [1.29, 1.82) is 0 Å². The lowest BCUT2D eigenvalue weighted by molar-refractivity contribution is -0.138. The van der Waals surface area contributed by atoms with Crippen molar-refractivity contribution in [2.75, 3.05) is 13.6 Å². The molecule has 0 spiro atoms. The second-order valence-electron chi connectivity index (χ2n) is 8.90. The first-order valence-corrected chi connectivity index (χ1v) is 11.7. The molecule has 0 aliphatic carbocycles. The minimum absolute atomic E-state index is 0.0137. The molecule has 4 aromatic rings. The van der Waals surface area contributed by atoms with Crippen LogP contribution < -0.4 is 0 Å². The molecular weight excluding hydrogens is 483 g/mol. The van der Waals surface area contributed by atoms with E-state index < -0.39 is 17.7 Å². The number of hydrogen-bond acceptors (Lipinski definition) is 5. The first kappa shape index (κ1) is 26.1. The van der Waals surface area contributed by atoms with Gasteiger partial charge in [-0.15, -0.1) is 0 Å². The number of aryl methyl sites for hydroxylation is 2. The van der Waals surface area contributed by atoms with E-state index in [0.29, 0.717) is 24.1 Å². The third-order valence-corrected chi connectivity index (χ3v) is 6.12. The molecule has 6 nitrogen and oxygen atoms in total. The largest absolute Gasteiger partial charge is 0.480 e. The molecule has 9 heteroatoms. The van der Waals surface area contributed by atoms with Crippen LogP contribution >= 0.6 is 0 Å². The van der Waals surface area contributed by atoms with Gasteiger partial charge in [-0.25, -0.2) is 0 Å². The van der Waals surface area contributed by atoms with Crippen LogP contribution in [-0.4, -0.2) is 39.7 Å². The number of rotatable bonds is 8. The van der Waals surface area contributed by atoms with Crippen molar-refractivity contribution < 1.29 is 27.6 Å². The van der Waals surface area contributed by atoms with Gasteiger partial charge in [-0.3, -0.25) is 9.69 Å². The maximum atomic E-state index is 14.0. The van der Waals surface area contributed by atoms with E-state index in [1.165, 1.54) is 6.07 Å². The number of aromatic nitrogens is 2. The van der Waals surface area contributed by atoms with E-state index in [-0.39, 0.29) is 29.4 Å². The van der Waals surface area contributed by atoms with Crippen molar-refractivity contribution >= 4 is 5.97 Å². The van der Waals surface area contributed by atoms with Crippen molar-refractivity contribution in [2.24, 2.45) is 0 Å². The monoisotopic (exact) mass is 509 g/mol. The highest BCUT2D eigenvalue weighted by atomic mass is 19.4. The van der Waals surface area contributed by atoms with E-state index in [2.05, 4.69) is 10.1 Å². The topological polar surface area (TPSA) is 79.5 Å². The van der Waals surface area contributed by atoms with Gasteiger partial charge in [0.2, 0.25) is 5.82 Å². The minimum Gasteiger partial charge on any atom is -0.480 e. The molecular formula is C28H26F3N3O3. The summed E-state index contributed by atoms with van der Waals surface area (Å²) in [6.45, 7) is 4.13. The smallest absolute Gasteiger partial charge is 0.417 e. The van der Waals surface area contributed by atoms with Gasteiger partial charge in [-0.1, -0.05) is 54.5 Å². The van der Waals surface area contributed by atoms with Crippen LogP contribution in [-0.2, 0) is 23.9 Å². The Labute approximate surface area is 212 Å². The summed E-state index contributed by atoms with van der Waals surface area (Å²) in [7, 11) is 1.73. The highest BCUT2D eigenvalue weighted by Crippen LogP contribution is 2.40. The number of halogens is 3. The molecule has 1 N–H and O–H groups in total. The molecule has 0 fully saturated rings. The van der Waals surface area contributed by atoms with Gasteiger partial charge in [0, 0.05) is 17.7 Å². The van der Waals surface area contributed by atoms with Gasteiger partial charge in [0.1, 0.15) is 0 Å². The molecule has 0 saturated carbocycles. The highest BCUT2D eigenvalue weighted by molar-refractivity contribution is 5.74. The van der Waals surface area contributed by atoms with E-state index in [1.807, 2.05) is 19.1 Å². The lowest BCUT2D eigenvalue weighted by Crippen LogP contribution is -2.25. The number of carboxylic acid groups (broad SMARTS) is 1. The summed E-state index contributed by atoms with van der Waals surface area (Å²) in [5.74, 6) is -0.663. The molecule has 1 heterocycles. The van der Waals surface area contributed by atoms with Gasteiger partial charge in [0.15, 0.2) is 0 Å². The van der Waals surface area contributed by atoms with Gasteiger partial charge in [0.25, 0.3) is 5.89 Å². The summed E-state index contributed by atoms with van der Waals surface area (Å²) in [6, 6.07) is 16.5. The number of hydrogen-bond donors (Lipinski definition) is 1. The standard InChI is InChI=1S/C28H26F3N3O3/c1-4-18-13-19(9-10-21(18)15-34(3)16-25(35)36)26-32-27(37-33-26)20-11-12-23(24(14-20)28(29,30)31)22-8-6-5-7-17(22)2/h5-14H,4,15-16H2,1-3H3,(H,35,36). The maximum Gasteiger partial charge on any atom is 0.417 e. The lowest BCUT2D eigenvalue weighted by Gasteiger charge is -2.17. The summed E-state index contributed by atoms with van der Waals surface area (Å²) in [5, 5.41) is 13.0. The van der Waals surface area contributed by atoms with Crippen LogP contribution in [0.3, 0.4) is 0 Å². The van der Waals surface area contributed by atoms with Crippen molar-refractivity contribution in [1.82, 2.24) is 15.0 Å². The Balaban J connectivity index is 1.66. The maximum absolute atomic E-state index is 14.0. The number of likely N-dealkylation sites (N-methyl/N-ethyl adjacent to an activating group) is 1. The fraction of sp³-hybridized carbons (Fsp3) is 0.250. The van der Waals surface area contributed by atoms with E-state index in [9.17, 15) is 18.0 Å². The number of aliphatic carboxylic acids is 1. The second-order valence-corrected chi connectivity index (χ2v) is 8.90. The molecule has 0 bridgehead atoms. The van der Waals surface area contributed by atoms with Gasteiger partial charge >= 0.3 is 12.1 Å². The molecule has 0 saturated heterocycles. The molecule has 0 amide bonds. The van der Waals surface area contributed by atoms with Crippen molar-refractivity contribution in [3.8, 4) is 34.0 Å². The Morgan fingerprint density at radius 3 is 2.41 bits per heavy atom. The van der Waals surface area contributed by atoms with Gasteiger partial charge in [0.05, 0.1) is 12.1 Å². The molecule has 3 aromatic carbocycles. The SMILES string of the molecule is CCc1cc(-c2noc(-c3ccc(-c4ccccc4C)c(C(F)(F)F)c3)n2)ccc1CN(C)CC(=O)O. The Morgan fingerprint density at radius 2 is 1.73 bits per heavy atom. The zero-order chi connectivity index (χ0) is 26.7. The fourth-order valence-corrected chi connectivity index (χ4v) is 4.31. The summed E-state index contributed by atoms with van der Waals surface area (Å²) in [4.78, 5) is 17.0. The number of carbonyl (C=O) groups is 1. The molecule has 0 unspecified atom stereocenters. The third-order valence-electron chi connectivity index (χ3n) is 6.12. The van der Waals surface area contributed by atoms with Crippen LogP contribution in [0.15, 0.2) is 65.2 Å².